The maximum absolute atomic E-state index is 13.2. The van der Waals surface area contributed by atoms with Gasteiger partial charge in [-0.25, -0.2) is 4.79 Å². The summed E-state index contributed by atoms with van der Waals surface area (Å²) in [7, 11) is -2.03. The zero-order valence-electron chi connectivity index (χ0n) is 30.3. The molecule has 0 radical (unpaired) electrons. The van der Waals surface area contributed by atoms with E-state index < -0.39 is 37.2 Å². The SMILES string of the molecule is CCOC(=O)CCC(=O)[C@H](CSCCN)NC(=O)CC[C@H](NC(=O)CCCC[P+](c1ccccc1)(c1ccccc1)c1ccccc1)C(=O)OCC. The third-order valence-electron chi connectivity index (χ3n) is 8.46. The Morgan fingerprint density at radius 1 is 0.673 bits per heavy atom. The second-order valence-electron chi connectivity index (χ2n) is 12.2. The first-order valence-corrected chi connectivity index (χ1v) is 21.1. The fourth-order valence-electron chi connectivity index (χ4n) is 5.95. The third kappa shape index (κ3) is 13.5. The first-order valence-electron chi connectivity index (χ1n) is 18.0. The molecule has 12 heteroatoms. The average molecular weight is 751 g/mol. The van der Waals surface area contributed by atoms with Crippen molar-refractivity contribution in [2.75, 3.05) is 37.4 Å². The van der Waals surface area contributed by atoms with Gasteiger partial charge in [-0.1, -0.05) is 54.6 Å². The van der Waals surface area contributed by atoms with Crippen LogP contribution < -0.4 is 32.3 Å². The van der Waals surface area contributed by atoms with Crippen LogP contribution in [0.15, 0.2) is 91.0 Å². The number of carbonyl (C=O) groups is 5. The molecule has 0 fully saturated rings. The number of hydrogen-bond donors (Lipinski definition) is 3. The predicted molar refractivity (Wildman–Crippen MR) is 211 cm³/mol. The van der Waals surface area contributed by atoms with Gasteiger partial charge >= 0.3 is 11.9 Å². The first-order chi connectivity index (χ1) is 25.2. The van der Waals surface area contributed by atoms with Crippen LogP contribution in [0, 0.1) is 0 Å². The van der Waals surface area contributed by atoms with E-state index >= 15 is 0 Å². The van der Waals surface area contributed by atoms with E-state index in [2.05, 4.69) is 83.4 Å². The van der Waals surface area contributed by atoms with Crippen molar-refractivity contribution in [2.45, 2.75) is 70.9 Å². The summed E-state index contributed by atoms with van der Waals surface area (Å²) in [4.78, 5) is 63.8. The largest absolute Gasteiger partial charge is 0.466 e. The van der Waals surface area contributed by atoms with Gasteiger partial charge in [0.15, 0.2) is 5.78 Å². The molecule has 280 valence electrons. The van der Waals surface area contributed by atoms with Gasteiger partial charge in [0.05, 0.1) is 31.8 Å². The Bertz CT molecular complexity index is 1450. The lowest BCUT2D eigenvalue weighted by molar-refractivity contribution is -0.147. The van der Waals surface area contributed by atoms with Crippen LogP contribution in [0.1, 0.15) is 58.8 Å². The van der Waals surface area contributed by atoms with Crippen molar-refractivity contribution in [2.24, 2.45) is 5.73 Å². The number of ketones is 1. The molecular formula is C40H53N3O7PS+. The first kappa shape index (κ1) is 42.4. The number of Topliss-reactive ketones (excluding diaryl/α,β-unsaturated/α-hetero) is 1. The van der Waals surface area contributed by atoms with E-state index in [1.54, 1.807) is 13.8 Å². The van der Waals surface area contributed by atoms with E-state index in [-0.39, 0.29) is 57.0 Å². The lowest BCUT2D eigenvalue weighted by atomic mass is 10.1. The number of benzene rings is 3. The standard InChI is InChI=1S/C40H52N3O7PS/c1-3-49-39(47)26-24-36(44)35(30-52-29-27-41)43-38(46)25-23-34(40(48)50-4-2)42-37(45)22-14-15-28-51(31-16-8-5-9-17-31,32-18-10-6-11-19-32)33-20-12-7-13-21-33/h5-13,16-21,34-35H,3-4,14-15,22-30,41H2,1-2H3,(H-,42,43,45,46)/p+1/t34-,35-/m0/s1. The second-order valence-corrected chi connectivity index (χ2v) is 16.9. The van der Waals surface area contributed by atoms with Crippen LogP contribution in [0.25, 0.3) is 0 Å². The molecule has 3 rings (SSSR count). The van der Waals surface area contributed by atoms with Crippen LogP contribution in [0.5, 0.6) is 0 Å². The molecule has 52 heavy (non-hydrogen) atoms. The number of nitrogens with two attached hydrogens (primary N) is 1. The number of ether oxygens (including phenoxy) is 2. The monoisotopic (exact) mass is 750 g/mol. The maximum atomic E-state index is 13.2. The van der Waals surface area contributed by atoms with Gasteiger partial charge in [0.2, 0.25) is 11.8 Å². The molecule has 3 aromatic carbocycles. The van der Waals surface area contributed by atoms with Gasteiger partial charge in [-0.05, 0) is 69.5 Å². The maximum Gasteiger partial charge on any atom is 0.328 e. The van der Waals surface area contributed by atoms with Crippen molar-refractivity contribution < 1.29 is 33.4 Å². The Hall–Kier alpha value is -4.05. The van der Waals surface area contributed by atoms with Gasteiger partial charge in [-0.2, -0.15) is 11.8 Å². The highest BCUT2D eigenvalue weighted by Gasteiger charge is 2.44. The highest BCUT2D eigenvalue weighted by molar-refractivity contribution is 7.99. The molecule has 0 aliphatic carbocycles. The van der Waals surface area contributed by atoms with Crippen LogP contribution in [0.2, 0.25) is 0 Å². The number of carbonyl (C=O) groups excluding carboxylic acids is 5. The topological polar surface area (TPSA) is 154 Å². The molecule has 4 N–H and O–H groups in total. The zero-order chi connectivity index (χ0) is 37.6. The average Bonchev–Trinajstić information content (AvgIpc) is 3.16. The van der Waals surface area contributed by atoms with Gasteiger partial charge in [0.25, 0.3) is 0 Å². The van der Waals surface area contributed by atoms with E-state index in [0.717, 1.165) is 12.6 Å². The van der Waals surface area contributed by atoms with Crippen LogP contribution in [-0.2, 0) is 33.4 Å². The second kappa shape index (κ2) is 23.5. The molecule has 0 saturated heterocycles. The minimum Gasteiger partial charge on any atom is -0.466 e. The summed E-state index contributed by atoms with van der Waals surface area (Å²) in [5.41, 5.74) is 5.60. The summed E-state index contributed by atoms with van der Waals surface area (Å²) >= 11 is 1.42. The summed E-state index contributed by atoms with van der Waals surface area (Å²) in [6.07, 6.45) is 2.18. The molecule has 2 atom stereocenters. The Labute approximate surface area is 312 Å². The molecular weight excluding hydrogens is 697 g/mol. The molecule has 0 bridgehead atoms. The minimum absolute atomic E-state index is 0.000743. The molecule has 0 aliphatic rings. The number of nitrogens with one attached hydrogen (secondary N) is 2. The lowest BCUT2D eigenvalue weighted by Crippen LogP contribution is -2.45. The number of rotatable bonds is 24. The van der Waals surface area contributed by atoms with E-state index in [0.29, 0.717) is 24.5 Å². The molecule has 10 nitrogen and oxygen atoms in total. The summed E-state index contributed by atoms with van der Waals surface area (Å²) in [6, 6.07) is 29.8. The van der Waals surface area contributed by atoms with Crippen molar-refractivity contribution in [3.63, 3.8) is 0 Å². The van der Waals surface area contributed by atoms with Crippen LogP contribution >= 0.6 is 19.0 Å². The minimum atomic E-state index is -2.03. The molecule has 0 heterocycles. The smallest absolute Gasteiger partial charge is 0.328 e. The van der Waals surface area contributed by atoms with Crippen molar-refractivity contribution >= 4 is 64.5 Å². The van der Waals surface area contributed by atoms with Gasteiger partial charge in [0, 0.05) is 37.3 Å². The molecule has 2 amide bonds. The summed E-state index contributed by atoms with van der Waals surface area (Å²) in [5.74, 6) is -1.24. The van der Waals surface area contributed by atoms with Crippen LogP contribution in [0.3, 0.4) is 0 Å². The van der Waals surface area contributed by atoms with Crippen LogP contribution in [0.4, 0.5) is 0 Å². The van der Waals surface area contributed by atoms with Crippen LogP contribution in [-0.4, -0.2) is 79.0 Å². The molecule has 0 spiro atoms. The van der Waals surface area contributed by atoms with E-state index in [4.69, 9.17) is 15.2 Å². The van der Waals surface area contributed by atoms with Gasteiger partial charge < -0.3 is 25.8 Å². The lowest BCUT2D eigenvalue weighted by Gasteiger charge is -2.27. The zero-order valence-corrected chi connectivity index (χ0v) is 32.0. The normalized spacial score (nSPS) is 12.3. The Kier molecular flexibility index (Phi) is 19.1. The number of amides is 2. The fourth-order valence-corrected chi connectivity index (χ4v) is 11.2. The fraction of sp³-hybridized carbons (Fsp3) is 0.425. The highest BCUT2D eigenvalue weighted by Crippen LogP contribution is 2.55. The van der Waals surface area contributed by atoms with Crippen molar-refractivity contribution in [1.29, 1.82) is 0 Å². The summed E-state index contributed by atoms with van der Waals surface area (Å²) in [5, 5.41) is 9.36. The molecule has 0 unspecified atom stereocenters. The van der Waals surface area contributed by atoms with Crippen molar-refractivity contribution in [3.05, 3.63) is 91.0 Å². The summed E-state index contributed by atoms with van der Waals surface area (Å²) in [6.45, 7) is 4.12. The van der Waals surface area contributed by atoms with Crippen molar-refractivity contribution in [1.82, 2.24) is 10.6 Å². The Balaban J connectivity index is 1.63. The molecule has 0 aromatic heterocycles. The van der Waals surface area contributed by atoms with E-state index in [9.17, 15) is 24.0 Å². The number of esters is 2. The molecule has 0 aliphatic heterocycles. The number of hydrogen-bond acceptors (Lipinski definition) is 9. The number of unbranched alkanes of at least 4 members (excludes halogenated alkanes) is 1. The molecule has 0 saturated carbocycles. The highest BCUT2D eigenvalue weighted by atomic mass is 32.2. The van der Waals surface area contributed by atoms with E-state index in [1.165, 1.54) is 27.7 Å². The van der Waals surface area contributed by atoms with Crippen molar-refractivity contribution in [3.8, 4) is 0 Å². The third-order valence-corrected chi connectivity index (χ3v) is 14.1. The van der Waals surface area contributed by atoms with Gasteiger partial charge in [0.1, 0.15) is 29.2 Å². The Morgan fingerprint density at radius 3 is 1.71 bits per heavy atom. The quantitative estimate of drug-likeness (QED) is 0.0699. The number of thioether (sulfide) groups is 1. The predicted octanol–water partition coefficient (Wildman–Crippen LogP) is 4.07. The van der Waals surface area contributed by atoms with E-state index in [1.807, 2.05) is 18.2 Å². The van der Waals surface area contributed by atoms with Gasteiger partial charge in [-0.15, -0.1) is 0 Å². The molecule has 3 aromatic rings. The summed E-state index contributed by atoms with van der Waals surface area (Å²) < 4.78 is 10.1. The Morgan fingerprint density at radius 2 is 1.19 bits per heavy atom. The van der Waals surface area contributed by atoms with Gasteiger partial charge in [-0.3, -0.25) is 19.2 Å².